The molecule has 2 rings (SSSR count). The van der Waals surface area contributed by atoms with Crippen LogP contribution in [-0.4, -0.2) is 18.7 Å². The second-order valence-corrected chi connectivity index (χ2v) is 6.27. The molecule has 1 N–H and O–H groups in total. The molecule has 0 saturated carbocycles. The summed E-state index contributed by atoms with van der Waals surface area (Å²) in [5, 5.41) is 4.73. The molecule has 0 atom stereocenters. The summed E-state index contributed by atoms with van der Waals surface area (Å²) in [6, 6.07) is 8.71. The van der Waals surface area contributed by atoms with Crippen LogP contribution in [0.4, 0.5) is 0 Å². The van der Waals surface area contributed by atoms with E-state index in [0.29, 0.717) is 15.8 Å². The van der Waals surface area contributed by atoms with Crippen molar-refractivity contribution >= 4 is 46.7 Å². The zero-order valence-corrected chi connectivity index (χ0v) is 13.4. The largest absolute Gasteiger partial charge is 0.482 e. The Morgan fingerprint density at radius 1 is 1.38 bits per heavy atom. The molecule has 7 heteroatoms. The molecule has 110 valence electrons. The lowest BCUT2D eigenvalue weighted by molar-refractivity contribution is -0.123. The molecule has 0 bridgehead atoms. The monoisotopic (exact) mass is 342 g/mol. The minimum Gasteiger partial charge on any atom is -0.482 e. The summed E-state index contributed by atoms with van der Waals surface area (Å²) >= 11 is 13.3. The van der Waals surface area contributed by atoms with Crippen molar-refractivity contribution in [1.82, 2.24) is 5.43 Å². The summed E-state index contributed by atoms with van der Waals surface area (Å²) in [6.45, 7) is 1.81. The summed E-state index contributed by atoms with van der Waals surface area (Å²) in [7, 11) is 0. The van der Waals surface area contributed by atoms with Crippen LogP contribution in [-0.2, 0) is 4.79 Å². The van der Waals surface area contributed by atoms with Crippen molar-refractivity contribution < 1.29 is 9.53 Å². The van der Waals surface area contributed by atoms with Gasteiger partial charge in [-0.05, 0) is 31.2 Å². The van der Waals surface area contributed by atoms with E-state index in [1.165, 1.54) is 4.88 Å². The Bertz CT molecular complexity index is 671. The summed E-state index contributed by atoms with van der Waals surface area (Å²) in [6.07, 6.45) is 1.59. The van der Waals surface area contributed by atoms with Crippen molar-refractivity contribution in [1.29, 1.82) is 0 Å². The number of halogens is 2. The quantitative estimate of drug-likeness (QED) is 0.661. The molecule has 1 aromatic heterocycles. The minimum atomic E-state index is -0.379. The number of nitrogens with zero attached hydrogens (tertiary/aromatic N) is 1. The van der Waals surface area contributed by atoms with Gasteiger partial charge in [-0.1, -0.05) is 23.2 Å². The molecule has 0 fully saturated rings. The van der Waals surface area contributed by atoms with Gasteiger partial charge in [0, 0.05) is 20.8 Å². The fourth-order valence-electron chi connectivity index (χ4n) is 1.45. The van der Waals surface area contributed by atoms with Gasteiger partial charge in [0.15, 0.2) is 6.61 Å². The van der Waals surface area contributed by atoms with E-state index in [2.05, 4.69) is 10.5 Å². The fourth-order valence-corrected chi connectivity index (χ4v) is 2.54. The third-order valence-corrected chi connectivity index (χ3v) is 3.88. The molecule has 0 aliphatic rings. The second-order valence-electron chi connectivity index (χ2n) is 4.11. The minimum absolute atomic E-state index is 0.194. The standard InChI is InChI=1S/C14H12Cl2N2O2S/c1-9-2-4-11(21-9)7-17-18-14(19)8-20-13-6-10(15)3-5-12(13)16/h2-7H,8H2,1H3,(H,18,19). The molecule has 0 spiro atoms. The van der Waals surface area contributed by atoms with E-state index >= 15 is 0 Å². The molecule has 1 heterocycles. The highest BCUT2D eigenvalue weighted by Gasteiger charge is 2.06. The summed E-state index contributed by atoms with van der Waals surface area (Å²) in [5.74, 6) is -0.0206. The van der Waals surface area contributed by atoms with Crippen LogP contribution in [0, 0.1) is 6.92 Å². The van der Waals surface area contributed by atoms with Crippen molar-refractivity contribution in [2.24, 2.45) is 5.10 Å². The van der Waals surface area contributed by atoms with Crippen molar-refractivity contribution in [3.63, 3.8) is 0 Å². The maximum Gasteiger partial charge on any atom is 0.277 e. The molecule has 2 aromatic rings. The van der Waals surface area contributed by atoms with E-state index in [9.17, 15) is 4.79 Å². The molecule has 0 radical (unpaired) electrons. The lowest BCUT2D eigenvalue weighted by atomic mass is 10.3. The Morgan fingerprint density at radius 2 is 2.19 bits per heavy atom. The number of thiophene rings is 1. The van der Waals surface area contributed by atoms with Gasteiger partial charge in [-0.15, -0.1) is 11.3 Å². The van der Waals surface area contributed by atoms with Crippen LogP contribution in [0.3, 0.4) is 0 Å². The van der Waals surface area contributed by atoms with E-state index in [4.69, 9.17) is 27.9 Å². The van der Waals surface area contributed by atoms with E-state index in [0.717, 1.165) is 4.88 Å². The van der Waals surface area contributed by atoms with Crippen LogP contribution in [0.2, 0.25) is 10.0 Å². The summed E-state index contributed by atoms with van der Waals surface area (Å²) in [5.41, 5.74) is 2.38. The lowest BCUT2D eigenvalue weighted by Crippen LogP contribution is -2.24. The molecule has 4 nitrogen and oxygen atoms in total. The number of carbonyl (C=O) groups is 1. The van der Waals surface area contributed by atoms with E-state index < -0.39 is 0 Å². The lowest BCUT2D eigenvalue weighted by Gasteiger charge is -2.07. The zero-order valence-electron chi connectivity index (χ0n) is 11.1. The van der Waals surface area contributed by atoms with Gasteiger partial charge in [-0.25, -0.2) is 5.43 Å². The average molecular weight is 343 g/mol. The van der Waals surface area contributed by atoms with Gasteiger partial charge in [0.25, 0.3) is 5.91 Å². The first-order valence-electron chi connectivity index (χ1n) is 6.01. The average Bonchev–Trinajstić information content (AvgIpc) is 2.85. The molecule has 1 amide bonds. The van der Waals surface area contributed by atoms with Gasteiger partial charge >= 0.3 is 0 Å². The molecular formula is C14H12Cl2N2O2S. The third kappa shape index (κ3) is 5.04. The number of hydrazone groups is 1. The highest BCUT2D eigenvalue weighted by Crippen LogP contribution is 2.27. The molecule has 0 unspecified atom stereocenters. The Morgan fingerprint density at radius 3 is 2.90 bits per heavy atom. The maximum absolute atomic E-state index is 11.6. The highest BCUT2D eigenvalue weighted by atomic mass is 35.5. The molecule has 21 heavy (non-hydrogen) atoms. The number of hydrogen-bond donors (Lipinski definition) is 1. The Balaban J connectivity index is 1.82. The number of aryl methyl sites for hydroxylation is 1. The number of amides is 1. The molecule has 1 aromatic carbocycles. The predicted molar refractivity (Wildman–Crippen MR) is 86.7 cm³/mol. The Labute approximate surface area is 136 Å². The zero-order chi connectivity index (χ0) is 15.2. The first kappa shape index (κ1) is 15.8. The predicted octanol–water partition coefficient (Wildman–Crippen LogP) is 3.89. The van der Waals surface area contributed by atoms with Gasteiger partial charge in [0.05, 0.1) is 11.2 Å². The molecule has 0 aliphatic carbocycles. The molecular weight excluding hydrogens is 331 g/mol. The Hall–Kier alpha value is -1.56. The van der Waals surface area contributed by atoms with Crippen molar-refractivity contribution in [3.05, 3.63) is 50.1 Å². The van der Waals surface area contributed by atoms with Crippen molar-refractivity contribution in [3.8, 4) is 5.75 Å². The maximum atomic E-state index is 11.6. The highest BCUT2D eigenvalue weighted by molar-refractivity contribution is 7.13. The van der Waals surface area contributed by atoms with Crippen LogP contribution in [0.5, 0.6) is 5.75 Å². The number of benzene rings is 1. The van der Waals surface area contributed by atoms with Crippen LogP contribution in [0.1, 0.15) is 9.75 Å². The first-order chi connectivity index (χ1) is 10.0. The van der Waals surface area contributed by atoms with Crippen LogP contribution < -0.4 is 10.2 Å². The van der Waals surface area contributed by atoms with Gasteiger partial charge in [-0.2, -0.15) is 5.10 Å². The van der Waals surface area contributed by atoms with Crippen LogP contribution >= 0.6 is 34.5 Å². The Kier molecular flexibility index (Phi) is 5.61. The van der Waals surface area contributed by atoms with E-state index in [-0.39, 0.29) is 12.5 Å². The van der Waals surface area contributed by atoms with Crippen LogP contribution in [0.15, 0.2) is 35.4 Å². The second kappa shape index (κ2) is 7.45. The SMILES string of the molecule is Cc1ccc(C=NNC(=O)COc2cc(Cl)ccc2Cl)s1. The van der Waals surface area contributed by atoms with Gasteiger partial charge < -0.3 is 4.74 Å². The summed E-state index contributed by atoms with van der Waals surface area (Å²) in [4.78, 5) is 13.7. The first-order valence-corrected chi connectivity index (χ1v) is 7.58. The molecule has 0 aliphatic heterocycles. The summed E-state index contributed by atoms with van der Waals surface area (Å²) < 4.78 is 5.29. The van der Waals surface area contributed by atoms with Gasteiger partial charge in [0.2, 0.25) is 0 Å². The van der Waals surface area contributed by atoms with E-state index in [1.54, 1.807) is 35.8 Å². The molecule has 0 saturated heterocycles. The number of rotatable bonds is 5. The smallest absolute Gasteiger partial charge is 0.277 e. The topological polar surface area (TPSA) is 50.7 Å². The third-order valence-electron chi connectivity index (χ3n) is 2.39. The van der Waals surface area contributed by atoms with Gasteiger partial charge in [0.1, 0.15) is 5.75 Å². The number of hydrogen-bond acceptors (Lipinski definition) is 4. The number of carbonyl (C=O) groups excluding carboxylic acids is 1. The van der Waals surface area contributed by atoms with Gasteiger partial charge in [-0.3, -0.25) is 4.79 Å². The normalized spacial score (nSPS) is 10.8. The number of ether oxygens (including phenoxy) is 1. The van der Waals surface area contributed by atoms with E-state index in [1.807, 2.05) is 19.1 Å². The van der Waals surface area contributed by atoms with Crippen LogP contribution in [0.25, 0.3) is 0 Å². The van der Waals surface area contributed by atoms with Crippen molar-refractivity contribution in [2.45, 2.75) is 6.92 Å². The number of nitrogens with one attached hydrogen (secondary N) is 1. The van der Waals surface area contributed by atoms with Crippen molar-refractivity contribution in [2.75, 3.05) is 6.61 Å². The fraction of sp³-hybridized carbons (Fsp3) is 0.143.